The highest BCUT2D eigenvalue weighted by Gasteiger charge is 2.43. The number of carbonyl (C=O) groups excluding carboxylic acids is 1. The summed E-state index contributed by atoms with van der Waals surface area (Å²) in [6, 6.07) is 14.2. The van der Waals surface area contributed by atoms with Gasteiger partial charge >= 0.3 is 0 Å². The summed E-state index contributed by atoms with van der Waals surface area (Å²) in [4.78, 5) is 18.5. The molecule has 2 aromatic carbocycles. The summed E-state index contributed by atoms with van der Waals surface area (Å²) in [5.41, 5.74) is 3.67. The largest absolute Gasteiger partial charge is 0.378 e. The Labute approximate surface area is 200 Å². The van der Waals surface area contributed by atoms with Gasteiger partial charge in [-0.25, -0.2) is 0 Å². The lowest BCUT2D eigenvalue weighted by atomic mass is 9.78. The van der Waals surface area contributed by atoms with Crippen LogP contribution in [0.3, 0.4) is 0 Å². The Bertz CT molecular complexity index is 963. The topological polar surface area (TPSA) is 54.0 Å². The van der Waals surface area contributed by atoms with Crippen molar-refractivity contribution in [2.75, 3.05) is 67.7 Å². The lowest BCUT2D eigenvalue weighted by Crippen LogP contribution is -2.40. The standard InChI is InChI=1S/C26H32ClN3O3/c27-21-5-3-20(4-6-21)26(9-1-2-10-26)25(31)28-23-8-7-22(29-11-15-32-16-12-29)19-24(23)30-13-17-33-18-14-30/h3-8,19H,1-2,9-18H2,(H,28,31). The van der Waals surface area contributed by atoms with E-state index < -0.39 is 5.41 Å². The molecule has 1 aliphatic carbocycles. The Morgan fingerprint density at radius 1 is 0.848 bits per heavy atom. The molecule has 33 heavy (non-hydrogen) atoms. The van der Waals surface area contributed by atoms with Crippen LogP contribution in [0, 0.1) is 0 Å². The number of nitrogens with zero attached hydrogens (tertiary/aromatic N) is 2. The molecule has 6 nitrogen and oxygen atoms in total. The first-order chi connectivity index (χ1) is 16.2. The molecule has 1 N–H and O–H groups in total. The minimum atomic E-state index is -0.504. The summed E-state index contributed by atoms with van der Waals surface area (Å²) in [5, 5.41) is 4.03. The Hall–Kier alpha value is -2.28. The molecule has 2 heterocycles. The minimum Gasteiger partial charge on any atom is -0.378 e. The molecule has 3 fully saturated rings. The Balaban J connectivity index is 1.45. The van der Waals surface area contributed by atoms with Gasteiger partial charge in [0.15, 0.2) is 0 Å². The summed E-state index contributed by atoms with van der Waals surface area (Å²) in [5.74, 6) is 0.0796. The van der Waals surface area contributed by atoms with Gasteiger partial charge in [-0.1, -0.05) is 36.6 Å². The number of benzene rings is 2. The van der Waals surface area contributed by atoms with Gasteiger partial charge in [-0.2, -0.15) is 0 Å². The van der Waals surface area contributed by atoms with Gasteiger partial charge in [-0.15, -0.1) is 0 Å². The number of morpholine rings is 2. The second kappa shape index (κ2) is 9.92. The molecule has 2 saturated heterocycles. The Morgan fingerprint density at radius 2 is 1.45 bits per heavy atom. The molecule has 3 aliphatic rings. The number of nitrogens with one attached hydrogen (secondary N) is 1. The molecule has 0 aromatic heterocycles. The number of hydrogen-bond donors (Lipinski definition) is 1. The van der Waals surface area contributed by atoms with Crippen molar-refractivity contribution in [2.45, 2.75) is 31.1 Å². The van der Waals surface area contributed by atoms with Gasteiger partial charge < -0.3 is 24.6 Å². The molecule has 1 saturated carbocycles. The molecule has 0 spiro atoms. The van der Waals surface area contributed by atoms with E-state index in [2.05, 4.69) is 33.3 Å². The second-order valence-corrected chi connectivity index (χ2v) is 9.59. The van der Waals surface area contributed by atoms with Crippen molar-refractivity contribution in [3.8, 4) is 0 Å². The van der Waals surface area contributed by atoms with Gasteiger partial charge in [0.25, 0.3) is 0 Å². The smallest absolute Gasteiger partial charge is 0.235 e. The summed E-state index contributed by atoms with van der Waals surface area (Å²) < 4.78 is 11.1. The fourth-order valence-corrected chi connectivity index (χ4v) is 5.47. The predicted molar refractivity (Wildman–Crippen MR) is 133 cm³/mol. The molecular formula is C26H32ClN3O3. The normalized spacial score (nSPS) is 20.6. The van der Waals surface area contributed by atoms with Crippen LogP contribution in [0.2, 0.25) is 5.02 Å². The molecule has 0 radical (unpaired) electrons. The lowest BCUT2D eigenvalue weighted by molar-refractivity contribution is -0.121. The quantitative estimate of drug-likeness (QED) is 0.700. The van der Waals surface area contributed by atoms with Crippen LogP contribution in [-0.2, 0) is 19.7 Å². The fraction of sp³-hybridized carbons (Fsp3) is 0.500. The van der Waals surface area contributed by atoms with Crippen molar-refractivity contribution in [1.29, 1.82) is 0 Å². The first-order valence-electron chi connectivity index (χ1n) is 12.0. The fourth-order valence-electron chi connectivity index (χ4n) is 5.35. The van der Waals surface area contributed by atoms with Crippen molar-refractivity contribution in [1.82, 2.24) is 0 Å². The monoisotopic (exact) mass is 469 g/mol. The van der Waals surface area contributed by atoms with E-state index in [0.717, 1.165) is 82.0 Å². The number of carbonyl (C=O) groups is 1. The third kappa shape index (κ3) is 4.70. The molecule has 0 bridgehead atoms. The zero-order chi connectivity index (χ0) is 22.7. The van der Waals surface area contributed by atoms with Crippen LogP contribution in [0.15, 0.2) is 42.5 Å². The summed E-state index contributed by atoms with van der Waals surface area (Å²) in [6.45, 7) is 6.29. The first kappa shape index (κ1) is 22.5. The highest BCUT2D eigenvalue weighted by Crippen LogP contribution is 2.43. The van der Waals surface area contributed by atoms with Gasteiger partial charge in [0.1, 0.15) is 0 Å². The van der Waals surface area contributed by atoms with Crippen molar-refractivity contribution in [3.63, 3.8) is 0 Å². The van der Waals surface area contributed by atoms with Crippen molar-refractivity contribution >= 4 is 34.6 Å². The van der Waals surface area contributed by atoms with E-state index in [1.54, 1.807) is 0 Å². The SMILES string of the molecule is O=C(Nc1ccc(N2CCOCC2)cc1N1CCOCC1)C1(c2ccc(Cl)cc2)CCCC1. The van der Waals surface area contributed by atoms with Crippen molar-refractivity contribution < 1.29 is 14.3 Å². The molecule has 0 unspecified atom stereocenters. The van der Waals surface area contributed by atoms with E-state index in [4.69, 9.17) is 21.1 Å². The van der Waals surface area contributed by atoms with Crippen molar-refractivity contribution in [2.24, 2.45) is 0 Å². The van der Waals surface area contributed by atoms with Crippen LogP contribution in [0.5, 0.6) is 0 Å². The van der Waals surface area contributed by atoms with E-state index >= 15 is 0 Å². The summed E-state index contributed by atoms with van der Waals surface area (Å²) in [6.07, 6.45) is 3.84. The molecule has 176 valence electrons. The minimum absolute atomic E-state index is 0.0796. The maximum atomic E-state index is 13.8. The molecule has 7 heteroatoms. The number of halogens is 1. The maximum Gasteiger partial charge on any atom is 0.235 e. The van der Waals surface area contributed by atoms with E-state index in [0.29, 0.717) is 18.2 Å². The summed E-state index contributed by atoms with van der Waals surface area (Å²) >= 11 is 6.13. The zero-order valence-corrected chi connectivity index (χ0v) is 19.8. The summed E-state index contributed by atoms with van der Waals surface area (Å²) in [7, 11) is 0. The first-order valence-corrected chi connectivity index (χ1v) is 12.4. The third-order valence-electron chi connectivity index (χ3n) is 7.25. The molecular weight excluding hydrogens is 438 g/mol. The van der Waals surface area contributed by atoms with Crippen molar-refractivity contribution in [3.05, 3.63) is 53.1 Å². The van der Waals surface area contributed by atoms with E-state index in [-0.39, 0.29) is 5.91 Å². The highest BCUT2D eigenvalue weighted by atomic mass is 35.5. The number of ether oxygens (including phenoxy) is 2. The third-order valence-corrected chi connectivity index (χ3v) is 7.50. The number of amides is 1. The van der Waals surface area contributed by atoms with E-state index in [1.165, 1.54) is 5.69 Å². The number of hydrogen-bond acceptors (Lipinski definition) is 5. The molecule has 0 atom stereocenters. The number of anilines is 3. The number of rotatable bonds is 5. The van der Waals surface area contributed by atoms with Gasteiger partial charge in [0.2, 0.25) is 5.91 Å². The van der Waals surface area contributed by atoms with E-state index in [1.807, 2.05) is 24.3 Å². The Kier molecular flexibility index (Phi) is 6.76. The van der Waals surface area contributed by atoms with Crippen LogP contribution in [0.25, 0.3) is 0 Å². The molecule has 2 aliphatic heterocycles. The van der Waals surface area contributed by atoms with Crippen LogP contribution >= 0.6 is 11.6 Å². The van der Waals surface area contributed by atoms with E-state index in [9.17, 15) is 4.79 Å². The highest BCUT2D eigenvalue weighted by molar-refractivity contribution is 6.30. The van der Waals surface area contributed by atoms with Gasteiger partial charge in [-0.05, 0) is 48.7 Å². The molecule has 1 amide bonds. The average Bonchev–Trinajstić information content (AvgIpc) is 3.37. The Morgan fingerprint density at radius 3 is 2.09 bits per heavy atom. The second-order valence-electron chi connectivity index (χ2n) is 9.15. The predicted octanol–water partition coefficient (Wildman–Crippen LogP) is 4.46. The van der Waals surface area contributed by atoms with Gasteiger partial charge in [0.05, 0.1) is 43.2 Å². The lowest BCUT2D eigenvalue weighted by Gasteiger charge is -2.34. The zero-order valence-electron chi connectivity index (χ0n) is 19.0. The van der Waals surface area contributed by atoms with Crippen LogP contribution in [-0.4, -0.2) is 58.5 Å². The van der Waals surface area contributed by atoms with Gasteiger partial charge in [-0.3, -0.25) is 4.79 Å². The molecule has 5 rings (SSSR count). The van der Waals surface area contributed by atoms with Crippen LogP contribution in [0.4, 0.5) is 17.1 Å². The maximum absolute atomic E-state index is 13.8. The average molecular weight is 470 g/mol. The van der Waals surface area contributed by atoms with Crippen LogP contribution in [0.1, 0.15) is 31.2 Å². The molecule has 2 aromatic rings. The van der Waals surface area contributed by atoms with Crippen LogP contribution < -0.4 is 15.1 Å². The van der Waals surface area contributed by atoms with Gasteiger partial charge in [0, 0.05) is 36.9 Å².